The molecule has 25 heavy (non-hydrogen) atoms. The Morgan fingerprint density at radius 2 is 2.00 bits per heavy atom. The van der Waals surface area contributed by atoms with Crippen LogP contribution < -0.4 is 10.6 Å². The summed E-state index contributed by atoms with van der Waals surface area (Å²) in [5, 5.41) is 16.1. The summed E-state index contributed by atoms with van der Waals surface area (Å²) in [4.78, 5) is 7.37. The summed E-state index contributed by atoms with van der Waals surface area (Å²) in [7, 11) is 0. The average molecular weight is 468 g/mol. The Balaban J connectivity index is 0.00000576. The maximum atomic E-state index is 9.19. The van der Waals surface area contributed by atoms with Gasteiger partial charge in [0.1, 0.15) is 0 Å². The van der Waals surface area contributed by atoms with Crippen LogP contribution in [-0.4, -0.2) is 60.8 Å². The Morgan fingerprint density at radius 1 is 1.24 bits per heavy atom. The molecule has 0 aliphatic carbocycles. The number of likely N-dealkylation sites (tertiary alicyclic amines) is 1. The molecule has 0 saturated carbocycles. The van der Waals surface area contributed by atoms with E-state index in [0.717, 1.165) is 44.9 Å². The molecule has 1 saturated heterocycles. The molecule has 5 nitrogen and oxygen atoms in total. The smallest absolute Gasteiger partial charge is 0.191 e. The zero-order chi connectivity index (χ0) is 17.8. The standard InChI is InChI=1S/C19H40N4O.HI/c1-5-9-18(11-13-24)15-22-19(20-6-2)21-14-17(4)23-12-8-7-10-16(23)3;/h16-18,24H,5-15H2,1-4H3,(H2,20,21,22);1H. The van der Waals surface area contributed by atoms with Gasteiger partial charge >= 0.3 is 0 Å². The number of rotatable bonds is 10. The lowest BCUT2D eigenvalue weighted by Gasteiger charge is -2.38. The predicted octanol–water partition coefficient (Wildman–Crippen LogP) is 3.22. The van der Waals surface area contributed by atoms with Crippen LogP contribution in [0.25, 0.3) is 0 Å². The largest absolute Gasteiger partial charge is 0.396 e. The highest BCUT2D eigenvalue weighted by Gasteiger charge is 2.23. The molecular weight excluding hydrogens is 427 g/mol. The number of piperidine rings is 1. The fourth-order valence-corrected chi connectivity index (χ4v) is 3.62. The lowest BCUT2D eigenvalue weighted by atomic mass is 10.0. The molecule has 1 aliphatic rings. The summed E-state index contributed by atoms with van der Waals surface area (Å²) in [5.41, 5.74) is 0. The third kappa shape index (κ3) is 9.99. The van der Waals surface area contributed by atoms with Crippen LogP contribution in [0.2, 0.25) is 0 Å². The zero-order valence-corrected chi connectivity index (χ0v) is 19.1. The van der Waals surface area contributed by atoms with E-state index >= 15 is 0 Å². The van der Waals surface area contributed by atoms with E-state index in [0.29, 0.717) is 18.0 Å². The lowest BCUT2D eigenvalue weighted by molar-refractivity contribution is 0.115. The van der Waals surface area contributed by atoms with Crippen LogP contribution in [0.4, 0.5) is 0 Å². The van der Waals surface area contributed by atoms with Gasteiger partial charge in [-0.05, 0) is 58.9 Å². The highest BCUT2D eigenvalue weighted by Crippen LogP contribution is 2.18. The van der Waals surface area contributed by atoms with E-state index in [4.69, 9.17) is 4.99 Å². The molecule has 0 bridgehead atoms. The minimum Gasteiger partial charge on any atom is -0.396 e. The molecular formula is C19H41IN4O. The number of nitrogens with one attached hydrogen (secondary N) is 2. The van der Waals surface area contributed by atoms with Gasteiger partial charge in [0.25, 0.3) is 0 Å². The molecule has 0 aromatic rings. The first-order chi connectivity index (χ1) is 11.6. The summed E-state index contributed by atoms with van der Waals surface area (Å²) in [6, 6.07) is 1.21. The minimum atomic E-state index is 0. The van der Waals surface area contributed by atoms with Crippen molar-refractivity contribution in [2.45, 2.75) is 78.3 Å². The molecule has 1 heterocycles. The van der Waals surface area contributed by atoms with E-state index in [9.17, 15) is 5.11 Å². The average Bonchev–Trinajstić information content (AvgIpc) is 2.57. The summed E-state index contributed by atoms with van der Waals surface area (Å²) in [5.74, 6) is 1.39. The quantitative estimate of drug-likeness (QED) is 0.262. The number of halogens is 1. The fraction of sp³-hybridized carbons (Fsp3) is 0.947. The molecule has 0 amide bonds. The third-order valence-electron chi connectivity index (χ3n) is 5.07. The zero-order valence-electron chi connectivity index (χ0n) is 16.8. The van der Waals surface area contributed by atoms with E-state index in [1.165, 1.54) is 25.8 Å². The second kappa shape index (κ2) is 15.0. The van der Waals surface area contributed by atoms with Crippen molar-refractivity contribution >= 4 is 29.9 Å². The van der Waals surface area contributed by atoms with Crippen LogP contribution in [0.1, 0.15) is 66.2 Å². The number of hydrogen-bond acceptors (Lipinski definition) is 3. The molecule has 150 valence electrons. The molecule has 1 aliphatic heterocycles. The SMILES string of the molecule is CCCC(CCO)CN=C(NCC)NCC(C)N1CCCCC1C.I. The van der Waals surface area contributed by atoms with Crippen molar-refractivity contribution in [1.82, 2.24) is 15.5 Å². The topological polar surface area (TPSA) is 59.9 Å². The first-order valence-electron chi connectivity index (χ1n) is 10.0. The summed E-state index contributed by atoms with van der Waals surface area (Å²) < 4.78 is 0. The molecule has 1 fully saturated rings. The van der Waals surface area contributed by atoms with Crippen molar-refractivity contribution in [3.05, 3.63) is 0 Å². The van der Waals surface area contributed by atoms with Gasteiger partial charge in [-0.15, -0.1) is 24.0 Å². The molecule has 3 unspecified atom stereocenters. The van der Waals surface area contributed by atoms with E-state index < -0.39 is 0 Å². The van der Waals surface area contributed by atoms with Crippen LogP contribution in [-0.2, 0) is 0 Å². The highest BCUT2D eigenvalue weighted by molar-refractivity contribution is 14.0. The van der Waals surface area contributed by atoms with Crippen molar-refractivity contribution in [2.75, 3.05) is 32.8 Å². The number of guanidine groups is 1. The van der Waals surface area contributed by atoms with Crippen molar-refractivity contribution in [2.24, 2.45) is 10.9 Å². The van der Waals surface area contributed by atoms with Gasteiger partial charge in [-0.3, -0.25) is 9.89 Å². The molecule has 0 spiro atoms. The monoisotopic (exact) mass is 468 g/mol. The molecule has 3 atom stereocenters. The lowest BCUT2D eigenvalue weighted by Crippen LogP contribution is -2.50. The van der Waals surface area contributed by atoms with Crippen LogP contribution in [0.15, 0.2) is 4.99 Å². The van der Waals surface area contributed by atoms with Crippen molar-refractivity contribution in [3.8, 4) is 0 Å². The molecule has 0 radical (unpaired) electrons. The molecule has 6 heteroatoms. The number of hydrogen-bond donors (Lipinski definition) is 3. The van der Waals surface area contributed by atoms with Crippen LogP contribution in [0.5, 0.6) is 0 Å². The summed E-state index contributed by atoms with van der Waals surface area (Å²) in [6.07, 6.45) is 7.13. The normalized spacial score (nSPS) is 21.3. The molecule has 1 rings (SSSR count). The Labute approximate surface area is 172 Å². The van der Waals surface area contributed by atoms with Gasteiger partial charge in [0.05, 0.1) is 0 Å². The third-order valence-corrected chi connectivity index (χ3v) is 5.07. The summed E-state index contributed by atoms with van der Waals surface area (Å²) in [6.45, 7) is 13.0. The van der Waals surface area contributed by atoms with Crippen LogP contribution in [0, 0.1) is 5.92 Å². The number of nitrogens with zero attached hydrogens (tertiary/aromatic N) is 2. The van der Waals surface area contributed by atoms with Gasteiger partial charge in [0.2, 0.25) is 0 Å². The Hall–Kier alpha value is -0.0800. The second-order valence-corrected chi connectivity index (χ2v) is 7.20. The van der Waals surface area contributed by atoms with Gasteiger partial charge in [-0.25, -0.2) is 0 Å². The first kappa shape index (κ1) is 24.9. The van der Waals surface area contributed by atoms with Gasteiger partial charge in [0.15, 0.2) is 5.96 Å². The van der Waals surface area contributed by atoms with Gasteiger partial charge in [-0.1, -0.05) is 19.8 Å². The van der Waals surface area contributed by atoms with Crippen molar-refractivity contribution in [1.29, 1.82) is 0 Å². The molecule has 0 aromatic heterocycles. The highest BCUT2D eigenvalue weighted by atomic mass is 127. The van der Waals surface area contributed by atoms with Gasteiger partial charge in [0, 0.05) is 38.3 Å². The van der Waals surface area contributed by atoms with Crippen LogP contribution >= 0.6 is 24.0 Å². The molecule has 0 aromatic carbocycles. The number of aliphatic hydroxyl groups excluding tert-OH is 1. The van der Waals surface area contributed by atoms with Crippen molar-refractivity contribution < 1.29 is 5.11 Å². The van der Waals surface area contributed by atoms with E-state index in [1.807, 2.05) is 0 Å². The second-order valence-electron chi connectivity index (χ2n) is 7.20. The Bertz CT molecular complexity index is 348. The summed E-state index contributed by atoms with van der Waals surface area (Å²) >= 11 is 0. The fourth-order valence-electron chi connectivity index (χ4n) is 3.62. The van der Waals surface area contributed by atoms with E-state index in [-0.39, 0.29) is 30.6 Å². The number of aliphatic hydroxyl groups is 1. The van der Waals surface area contributed by atoms with E-state index in [1.54, 1.807) is 0 Å². The van der Waals surface area contributed by atoms with Gasteiger partial charge in [-0.2, -0.15) is 0 Å². The van der Waals surface area contributed by atoms with Crippen LogP contribution in [0.3, 0.4) is 0 Å². The first-order valence-corrected chi connectivity index (χ1v) is 10.0. The van der Waals surface area contributed by atoms with Gasteiger partial charge < -0.3 is 15.7 Å². The maximum absolute atomic E-state index is 9.19. The maximum Gasteiger partial charge on any atom is 0.191 e. The van der Waals surface area contributed by atoms with Crippen molar-refractivity contribution in [3.63, 3.8) is 0 Å². The van der Waals surface area contributed by atoms with E-state index in [2.05, 4.69) is 43.2 Å². The Morgan fingerprint density at radius 3 is 2.60 bits per heavy atom. The number of aliphatic imine (C=N–C) groups is 1. The molecule has 3 N–H and O–H groups in total. The Kier molecular flexibility index (Phi) is 15.0. The minimum absolute atomic E-state index is 0. The predicted molar refractivity (Wildman–Crippen MR) is 119 cm³/mol.